The monoisotopic (exact) mass is 282 g/mol. The molecule has 4 heteroatoms. The van der Waals surface area contributed by atoms with Crippen molar-refractivity contribution in [2.24, 2.45) is 0 Å². The van der Waals surface area contributed by atoms with Crippen LogP contribution in [0.2, 0.25) is 0 Å². The number of amides is 2. The van der Waals surface area contributed by atoms with Crippen LogP contribution in [0, 0.1) is 6.92 Å². The topological polar surface area (TPSA) is 52.6 Å². The summed E-state index contributed by atoms with van der Waals surface area (Å²) in [7, 11) is 0. The van der Waals surface area contributed by atoms with Gasteiger partial charge in [-0.3, -0.25) is 4.90 Å². The molecule has 1 aliphatic heterocycles. The normalized spacial score (nSPS) is 17.2. The van der Waals surface area contributed by atoms with Gasteiger partial charge < -0.3 is 10.4 Å². The summed E-state index contributed by atoms with van der Waals surface area (Å²) in [5.74, 6) is 0. The number of aliphatic hydroxyl groups excluding tert-OH is 1. The predicted octanol–water partition coefficient (Wildman–Crippen LogP) is 3.47. The van der Waals surface area contributed by atoms with Gasteiger partial charge in [-0.25, -0.2) is 4.79 Å². The lowest BCUT2D eigenvalue weighted by molar-refractivity contribution is 0.164. The quantitative estimate of drug-likeness (QED) is 0.841. The first-order chi connectivity index (χ1) is 10.1. The predicted molar refractivity (Wildman–Crippen MR) is 83.6 cm³/mol. The van der Waals surface area contributed by atoms with E-state index in [1.54, 1.807) is 4.90 Å². The molecule has 2 amide bonds. The van der Waals surface area contributed by atoms with E-state index in [0.29, 0.717) is 13.0 Å². The van der Waals surface area contributed by atoms with E-state index < -0.39 is 6.10 Å². The van der Waals surface area contributed by atoms with Gasteiger partial charge in [-0.05, 0) is 37.1 Å². The molecule has 1 heterocycles. The Bertz CT molecular complexity index is 669. The number of carbonyl (C=O) groups excluding carboxylic acids is 1. The van der Waals surface area contributed by atoms with Gasteiger partial charge in [0.15, 0.2) is 0 Å². The van der Waals surface area contributed by atoms with Crippen LogP contribution in [-0.4, -0.2) is 17.7 Å². The smallest absolute Gasteiger partial charge is 0.326 e. The average Bonchev–Trinajstić information content (AvgIpc) is 2.48. The molecule has 0 aromatic heterocycles. The van der Waals surface area contributed by atoms with Crippen molar-refractivity contribution in [2.75, 3.05) is 16.8 Å². The number of urea groups is 1. The lowest BCUT2D eigenvalue weighted by atomic mass is 9.99. The largest absolute Gasteiger partial charge is 0.388 e. The van der Waals surface area contributed by atoms with Crippen molar-refractivity contribution < 1.29 is 9.90 Å². The number of fused-ring (bicyclic) bond motifs is 1. The molecule has 21 heavy (non-hydrogen) atoms. The number of aliphatic hydroxyl groups is 1. The van der Waals surface area contributed by atoms with Crippen molar-refractivity contribution in [1.29, 1.82) is 0 Å². The van der Waals surface area contributed by atoms with Crippen LogP contribution < -0.4 is 10.2 Å². The zero-order valence-corrected chi connectivity index (χ0v) is 11.9. The molecule has 1 aliphatic rings. The van der Waals surface area contributed by atoms with Gasteiger partial charge in [0.25, 0.3) is 0 Å². The standard InChI is InChI=1S/C17H18N2O2/c1-12-5-4-6-13(11-12)18-17(21)19-10-9-16(20)14-7-2-3-8-15(14)19/h2-8,11,16,20H,9-10H2,1H3,(H,18,21). The van der Waals surface area contributed by atoms with Gasteiger partial charge >= 0.3 is 6.03 Å². The number of hydrogen-bond acceptors (Lipinski definition) is 2. The fraction of sp³-hybridized carbons (Fsp3) is 0.235. The van der Waals surface area contributed by atoms with Crippen molar-refractivity contribution in [1.82, 2.24) is 0 Å². The van der Waals surface area contributed by atoms with Crippen LogP contribution in [0.4, 0.5) is 16.2 Å². The second kappa shape index (κ2) is 5.58. The highest BCUT2D eigenvalue weighted by Crippen LogP contribution is 2.33. The summed E-state index contributed by atoms with van der Waals surface area (Å²) >= 11 is 0. The molecule has 4 nitrogen and oxygen atoms in total. The maximum absolute atomic E-state index is 12.5. The molecule has 2 aromatic carbocycles. The summed E-state index contributed by atoms with van der Waals surface area (Å²) < 4.78 is 0. The number of nitrogens with one attached hydrogen (secondary N) is 1. The summed E-state index contributed by atoms with van der Waals surface area (Å²) in [5.41, 5.74) is 3.47. The maximum Gasteiger partial charge on any atom is 0.326 e. The molecule has 0 bridgehead atoms. The van der Waals surface area contributed by atoms with Crippen LogP contribution in [0.5, 0.6) is 0 Å². The van der Waals surface area contributed by atoms with Gasteiger partial charge in [0, 0.05) is 17.8 Å². The molecular weight excluding hydrogens is 264 g/mol. The highest BCUT2D eigenvalue weighted by Gasteiger charge is 2.27. The molecule has 1 unspecified atom stereocenters. The van der Waals surface area contributed by atoms with Gasteiger partial charge in [-0.15, -0.1) is 0 Å². The molecule has 1 atom stereocenters. The third kappa shape index (κ3) is 2.76. The molecule has 0 saturated heterocycles. The molecule has 2 N–H and O–H groups in total. The minimum absolute atomic E-state index is 0.167. The summed E-state index contributed by atoms with van der Waals surface area (Å²) in [6.07, 6.45) is 0.0577. The van der Waals surface area contributed by atoms with Gasteiger partial charge in [0.05, 0.1) is 11.8 Å². The lowest BCUT2D eigenvalue weighted by Gasteiger charge is -2.32. The molecule has 2 aromatic rings. The third-order valence-electron chi connectivity index (χ3n) is 3.73. The molecule has 0 saturated carbocycles. The van der Waals surface area contributed by atoms with Crippen molar-refractivity contribution in [3.63, 3.8) is 0 Å². The van der Waals surface area contributed by atoms with E-state index in [2.05, 4.69) is 5.32 Å². The van der Waals surface area contributed by atoms with Crippen LogP contribution >= 0.6 is 0 Å². The molecular formula is C17H18N2O2. The Morgan fingerprint density at radius 1 is 1.24 bits per heavy atom. The number of rotatable bonds is 1. The second-order valence-electron chi connectivity index (χ2n) is 5.31. The van der Waals surface area contributed by atoms with E-state index in [1.807, 2.05) is 55.5 Å². The van der Waals surface area contributed by atoms with Crippen LogP contribution in [0.15, 0.2) is 48.5 Å². The van der Waals surface area contributed by atoms with E-state index in [1.165, 1.54) is 0 Å². The Hall–Kier alpha value is -2.33. The van der Waals surface area contributed by atoms with E-state index in [9.17, 15) is 9.90 Å². The van der Waals surface area contributed by atoms with Crippen LogP contribution in [0.3, 0.4) is 0 Å². The third-order valence-corrected chi connectivity index (χ3v) is 3.73. The summed E-state index contributed by atoms with van der Waals surface area (Å²) in [6.45, 7) is 2.50. The SMILES string of the molecule is Cc1cccc(NC(=O)N2CCC(O)c3ccccc32)c1. The van der Waals surface area contributed by atoms with Crippen molar-refractivity contribution in [3.8, 4) is 0 Å². The number of nitrogens with zero attached hydrogens (tertiary/aromatic N) is 1. The van der Waals surface area contributed by atoms with Crippen molar-refractivity contribution in [2.45, 2.75) is 19.4 Å². The first-order valence-corrected chi connectivity index (χ1v) is 7.07. The summed E-state index contributed by atoms with van der Waals surface area (Å²) in [4.78, 5) is 14.2. The van der Waals surface area contributed by atoms with Crippen LogP contribution in [-0.2, 0) is 0 Å². The molecule has 108 valence electrons. The first-order valence-electron chi connectivity index (χ1n) is 7.07. The Labute approximate surface area is 124 Å². The number of para-hydroxylation sites is 1. The number of carbonyl (C=O) groups is 1. The molecule has 0 aliphatic carbocycles. The fourth-order valence-electron chi connectivity index (χ4n) is 2.67. The van der Waals surface area contributed by atoms with Crippen LogP contribution in [0.1, 0.15) is 23.7 Å². The average molecular weight is 282 g/mol. The van der Waals surface area contributed by atoms with E-state index in [-0.39, 0.29) is 6.03 Å². The number of benzene rings is 2. The van der Waals surface area contributed by atoms with Crippen molar-refractivity contribution in [3.05, 3.63) is 59.7 Å². The summed E-state index contributed by atoms with van der Waals surface area (Å²) in [6, 6.07) is 15.0. The maximum atomic E-state index is 12.5. The summed E-state index contributed by atoms with van der Waals surface area (Å²) in [5, 5.41) is 12.9. The van der Waals surface area contributed by atoms with Gasteiger partial charge in [-0.1, -0.05) is 30.3 Å². The molecule has 3 rings (SSSR count). The highest BCUT2D eigenvalue weighted by atomic mass is 16.3. The zero-order valence-electron chi connectivity index (χ0n) is 11.9. The van der Waals surface area contributed by atoms with Gasteiger partial charge in [0.2, 0.25) is 0 Å². The Kier molecular flexibility index (Phi) is 3.62. The first kappa shape index (κ1) is 13.6. The minimum atomic E-state index is -0.496. The van der Waals surface area contributed by atoms with E-state index >= 15 is 0 Å². The van der Waals surface area contributed by atoms with Gasteiger partial charge in [0.1, 0.15) is 0 Å². The van der Waals surface area contributed by atoms with Gasteiger partial charge in [-0.2, -0.15) is 0 Å². The Balaban J connectivity index is 1.84. The minimum Gasteiger partial charge on any atom is -0.388 e. The van der Waals surface area contributed by atoms with Crippen molar-refractivity contribution >= 4 is 17.4 Å². The molecule has 0 radical (unpaired) electrons. The highest BCUT2D eigenvalue weighted by molar-refractivity contribution is 6.02. The zero-order chi connectivity index (χ0) is 14.8. The number of hydrogen-bond donors (Lipinski definition) is 2. The van der Waals surface area contributed by atoms with Crippen LogP contribution in [0.25, 0.3) is 0 Å². The second-order valence-corrected chi connectivity index (χ2v) is 5.31. The Morgan fingerprint density at radius 3 is 2.86 bits per heavy atom. The number of anilines is 2. The van der Waals surface area contributed by atoms with E-state index in [4.69, 9.17) is 0 Å². The number of aryl methyl sites for hydroxylation is 1. The van der Waals surface area contributed by atoms with E-state index in [0.717, 1.165) is 22.5 Å². The molecule has 0 spiro atoms. The fourth-order valence-corrected chi connectivity index (χ4v) is 2.67. The molecule has 0 fully saturated rings. The Morgan fingerprint density at radius 2 is 2.05 bits per heavy atom. The lowest BCUT2D eigenvalue weighted by Crippen LogP contribution is -2.39.